The van der Waals surface area contributed by atoms with Crippen molar-refractivity contribution in [2.24, 2.45) is 0 Å². The summed E-state index contributed by atoms with van der Waals surface area (Å²) >= 11 is 5.86. The first-order valence-corrected chi connectivity index (χ1v) is 7.47. The molecule has 100 valence electrons. The van der Waals surface area contributed by atoms with Gasteiger partial charge in [-0.3, -0.25) is 5.32 Å². The van der Waals surface area contributed by atoms with E-state index in [0.29, 0.717) is 5.76 Å². The molecule has 1 aromatic heterocycles. The highest BCUT2D eigenvalue weighted by Gasteiger charge is 2.37. The summed E-state index contributed by atoms with van der Waals surface area (Å²) in [7, 11) is -3.17. The highest BCUT2D eigenvalue weighted by atomic mass is 35.5. The van der Waals surface area contributed by atoms with Crippen LogP contribution in [0.15, 0.2) is 10.6 Å². The normalized spacial score (nSPS) is 25.9. The Labute approximate surface area is 109 Å². The van der Waals surface area contributed by atoms with E-state index in [-0.39, 0.29) is 17.3 Å². The van der Waals surface area contributed by atoms with Crippen molar-refractivity contribution in [3.05, 3.63) is 11.8 Å². The van der Waals surface area contributed by atoms with Gasteiger partial charge in [0.25, 0.3) is 0 Å². The Balaban J connectivity index is 1.92. The highest BCUT2D eigenvalue weighted by molar-refractivity contribution is 7.91. The van der Waals surface area contributed by atoms with Gasteiger partial charge in [-0.15, -0.1) is 11.6 Å². The number of hydrogen-bond acceptors (Lipinski definition) is 5. The zero-order chi connectivity index (χ0) is 13.3. The van der Waals surface area contributed by atoms with Gasteiger partial charge in [0.2, 0.25) is 0 Å². The summed E-state index contributed by atoms with van der Waals surface area (Å²) < 4.78 is 27.4. The number of rotatable bonds is 2. The number of carbonyl (C=O) groups excluding carboxylic acids is 1. The molecule has 0 radical (unpaired) electrons. The van der Waals surface area contributed by atoms with Crippen LogP contribution in [0.1, 0.15) is 5.76 Å². The monoisotopic (exact) mass is 293 g/mol. The van der Waals surface area contributed by atoms with Crippen molar-refractivity contribution in [2.75, 3.05) is 16.8 Å². The summed E-state index contributed by atoms with van der Waals surface area (Å²) in [6, 6.07) is 0.393. The maximum atomic E-state index is 11.6. The van der Waals surface area contributed by atoms with Gasteiger partial charge in [-0.25, -0.2) is 13.2 Å². The first-order valence-electron chi connectivity index (χ1n) is 5.21. The van der Waals surface area contributed by atoms with Crippen LogP contribution in [0.5, 0.6) is 0 Å². The molecule has 18 heavy (non-hydrogen) atoms. The molecule has 0 spiro atoms. The molecule has 1 saturated heterocycles. The van der Waals surface area contributed by atoms with Crippen LogP contribution in [0.4, 0.5) is 10.6 Å². The van der Waals surface area contributed by atoms with E-state index in [2.05, 4.69) is 15.8 Å². The van der Waals surface area contributed by atoms with Gasteiger partial charge in [0, 0.05) is 6.07 Å². The molecule has 0 bridgehead atoms. The van der Waals surface area contributed by atoms with Crippen LogP contribution in [0.3, 0.4) is 0 Å². The Hall–Kier alpha value is -1.28. The second-order valence-electron chi connectivity index (χ2n) is 4.12. The minimum Gasteiger partial charge on any atom is -0.360 e. The highest BCUT2D eigenvalue weighted by Crippen LogP contribution is 2.18. The van der Waals surface area contributed by atoms with E-state index in [9.17, 15) is 13.2 Å². The number of aryl methyl sites for hydroxylation is 1. The van der Waals surface area contributed by atoms with Gasteiger partial charge < -0.3 is 9.84 Å². The fourth-order valence-corrected chi connectivity index (χ4v) is 4.23. The van der Waals surface area contributed by atoms with Crippen LogP contribution in [-0.2, 0) is 9.84 Å². The van der Waals surface area contributed by atoms with Crippen LogP contribution in [0, 0.1) is 6.92 Å². The molecule has 0 saturated carbocycles. The van der Waals surface area contributed by atoms with E-state index in [1.807, 2.05) is 0 Å². The topological polar surface area (TPSA) is 101 Å². The molecule has 0 unspecified atom stereocenters. The summed E-state index contributed by atoms with van der Waals surface area (Å²) in [6.07, 6.45) is 0. The SMILES string of the molecule is Cc1cc(NC(=O)N[C@H]2CS(=O)(=O)C[C@H]2Cl)no1. The smallest absolute Gasteiger partial charge is 0.320 e. The molecule has 2 atom stereocenters. The predicted molar refractivity (Wildman–Crippen MR) is 65.5 cm³/mol. The van der Waals surface area contributed by atoms with Crippen LogP contribution >= 0.6 is 11.6 Å². The Kier molecular flexibility index (Phi) is 3.49. The van der Waals surface area contributed by atoms with Crippen molar-refractivity contribution in [1.29, 1.82) is 0 Å². The number of alkyl halides is 1. The average molecular weight is 294 g/mol. The summed E-state index contributed by atoms with van der Waals surface area (Å²) in [4.78, 5) is 11.6. The Morgan fingerprint density at radius 2 is 2.28 bits per heavy atom. The van der Waals surface area contributed by atoms with Crippen LogP contribution in [-0.4, -0.2) is 42.5 Å². The van der Waals surface area contributed by atoms with Crippen LogP contribution < -0.4 is 10.6 Å². The van der Waals surface area contributed by atoms with E-state index in [4.69, 9.17) is 16.1 Å². The summed E-state index contributed by atoms with van der Waals surface area (Å²) in [5, 5.41) is 7.90. The zero-order valence-corrected chi connectivity index (χ0v) is 11.1. The van der Waals surface area contributed by atoms with Crippen LogP contribution in [0.2, 0.25) is 0 Å². The van der Waals surface area contributed by atoms with Gasteiger partial charge in [-0.05, 0) is 6.92 Å². The van der Waals surface area contributed by atoms with E-state index in [0.717, 1.165) is 0 Å². The van der Waals surface area contributed by atoms with Gasteiger partial charge >= 0.3 is 6.03 Å². The third-order valence-corrected chi connectivity index (χ3v) is 4.84. The fraction of sp³-hybridized carbons (Fsp3) is 0.556. The van der Waals surface area contributed by atoms with E-state index in [1.54, 1.807) is 13.0 Å². The number of sulfone groups is 1. The van der Waals surface area contributed by atoms with Gasteiger partial charge in [-0.1, -0.05) is 5.16 Å². The maximum absolute atomic E-state index is 11.6. The Morgan fingerprint density at radius 3 is 2.78 bits per heavy atom. The van der Waals surface area contributed by atoms with E-state index >= 15 is 0 Å². The average Bonchev–Trinajstić information content (AvgIpc) is 2.71. The lowest BCUT2D eigenvalue weighted by atomic mass is 10.2. The fourth-order valence-electron chi connectivity index (χ4n) is 1.68. The number of anilines is 1. The van der Waals surface area contributed by atoms with Crippen LogP contribution in [0.25, 0.3) is 0 Å². The minimum atomic E-state index is -3.17. The Bertz CT molecular complexity index is 556. The van der Waals surface area contributed by atoms with Crippen molar-refractivity contribution in [3.8, 4) is 0 Å². The van der Waals surface area contributed by atoms with Gasteiger partial charge in [0.15, 0.2) is 15.7 Å². The van der Waals surface area contributed by atoms with Gasteiger partial charge in [-0.2, -0.15) is 0 Å². The molecule has 2 rings (SSSR count). The predicted octanol–water partition coefficient (Wildman–Crippen LogP) is 0.509. The second kappa shape index (κ2) is 4.77. The standard InChI is InChI=1S/C9H12ClN3O4S/c1-5-2-8(13-17-5)12-9(14)11-7-4-18(15,16)3-6(7)10/h2,6-7H,3-4H2,1H3,(H2,11,12,13,14)/t6-,7+/m1/s1. The number of nitrogens with zero attached hydrogens (tertiary/aromatic N) is 1. The lowest BCUT2D eigenvalue weighted by molar-refractivity contribution is 0.249. The lowest BCUT2D eigenvalue weighted by Gasteiger charge is -2.13. The van der Waals surface area contributed by atoms with E-state index in [1.165, 1.54) is 0 Å². The molecular formula is C9H12ClN3O4S. The first-order chi connectivity index (χ1) is 8.35. The first kappa shape index (κ1) is 13.2. The number of nitrogens with one attached hydrogen (secondary N) is 2. The number of hydrogen-bond donors (Lipinski definition) is 2. The van der Waals surface area contributed by atoms with Gasteiger partial charge in [0.1, 0.15) is 5.76 Å². The molecule has 1 aliphatic rings. The summed E-state index contributed by atoms with van der Waals surface area (Å²) in [5.41, 5.74) is 0. The number of amides is 2. The van der Waals surface area contributed by atoms with Crippen molar-refractivity contribution >= 4 is 33.3 Å². The largest absolute Gasteiger partial charge is 0.360 e. The number of aromatic nitrogens is 1. The van der Waals surface area contributed by atoms with Crippen molar-refractivity contribution < 1.29 is 17.7 Å². The van der Waals surface area contributed by atoms with Gasteiger partial charge in [0.05, 0.1) is 22.9 Å². The van der Waals surface area contributed by atoms with Crippen molar-refractivity contribution in [1.82, 2.24) is 10.5 Å². The zero-order valence-electron chi connectivity index (χ0n) is 9.51. The molecule has 0 aliphatic carbocycles. The maximum Gasteiger partial charge on any atom is 0.320 e. The van der Waals surface area contributed by atoms with Crippen molar-refractivity contribution in [3.63, 3.8) is 0 Å². The quantitative estimate of drug-likeness (QED) is 0.774. The third kappa shape index (κ3) is 3.14. The molecule has 9 heteroatoms. The number of urea groups is 1. The molecule has 2 N–H and O–H groups in total. The second-order valence-corrected chi connectivity index (χ2v) is 6.84. The third-order valence-electron chi connectivity index (χ3n) is 2.47. The lowest BCUT2D eigenvalue weighted by Crippen LogP contribution is -2.43. The Morgan fingerprint density at radius 1 is 1.56 bits per heavy atom. The number of carbonyl (C=O) groups is 1. The molecule has 2 amide bonds. The molecule has 1 aliphatic heterocycles. The van der Waals surface area contributed by atoms with Crippen molar-refractivity contribution in [2.45, 2.75) is 18.3 Å². The molecule has 0 aromatic carbocycles. The molecule has 1 aromatic rings. The molecule has 1 fully saturated rings. The minimum absolute atomic E-state index is 0.122. The molecular weight excluding hydrogens is 282 g/mol. The summed E-state index contributed by atoms with van der Waals surface area (Å²) in [6.45, 7) is 1.69. The van der Waals surface area contributed by atoms with E-state index < -0.39 is 27.3 Å². The summed E-state index contributed by atoms with van der Waals surface area (Å²) in [5.74, 6) is 0.551. The molecule has 2 heterocycles. The number of halogens is 1. The molecule has 7 nitrogen and oxygen atoms in total.